The van der Waals surface area contributed by atoms with Crippen LogP contribution in [0, 0.1) is 6.92 Å². The Kier molecular flexibility index (Phi) is 10.7. The van der Waals surface area contributed by atoms with Gasteiger partial charge in [0.25, 0.3) is 0 Å². The predicted octanol–water partition coefficient (Wildman–Crippen LogP) is 0.826. The van der Waals surface area contributed by atoms with Crippen LogP contribution in [0.2, 0.25) is 0 Å². The molecule has 1 atom stereocenters. The largest absolute Gasteiger partial charge is 0.463 e. The first-order valence-electron chi connectivity index (χ1n) is 6.68. The van der Waals surface area contributed by atoms with Gasteiger partial charge in [0.1, 0.15) is 19.3 Å². The average Bonchev–Trinajstić information content (AvgIpc) is 2.46. The Hall–Kier alpha value is -1.21. The molecule has 8 nitrogen and oxygen atoms in total. The number of ether oxygens (including phenoxy) is 3. The lowest BCUT2D eigenvalue weighted by atomic mass is 10.3. The first-order valence-corrected chi connectivity index (χ1v) is 8.48. The van der Waals surface area contributed by atoms with E-state index in [1.54, 1.807) is 0 Å². The van der Waals surface area contributed by atoms with Crippen LogP contribution in [0.3, 0.4) is 0 Å². The second-order valence-corrected chi connectivity index (χ2v) is 6.13. The van der Waals surface area contributed by atoms with E-state index in [1.165, 1.54) is 0 Å². The van der Waals surface area contributed by atoms with Crippen LogP contribution in [0.15, 0.2) is 12.7 Å². The topological polar surface area (TPSA) is 119 Å². The van der Waals surface area contributed by atoms with Crippen molar-refractivity contribution in [1.82, 2.24) is 0 Å². The minimum absolute atomic E-state index is 0.0263. The van der Waals surface area contributed by atoms with Crippen molar-refractivity contribution in [2.24, 2.45) is 0 Å². The summed E-state index contributed by atoms with van der Waals surface area (Å²) in [6.07, 6.45) is 0.806. The molecule has 9 heteroatoms. The van der Waals surface area contributed by atoms with E-state index in [0.717, 1.165) is 6.08 Å². The quantitative estimate of drug-likeness (QED) is 0.232. The number of carbonyl (C=O) groups is 2. The first kappa shape index (κ1) is 20.8. The minimum Gasteiger partial charge on any atom is -0.463 e. The Balaban J connectivity index is 4.10. The minimum atomic E-state index is -4.00. The maximum absolute atomic E-state index is 11.0. The van der Waals surface area contributed by atoms with Gasteiger partial charge in [0.2, 0.25) is 0 Å². The molecule has 127 valence electrons. The summed E-state index contributed by atoms with van der Waals surface area (Å²) in [5.41, 5.74) is 0. The highest BCUT2D eigenvalue weighted by Gasteiger charge is 2.15. The van der Waals surface area contributed by atoms with Crippen LogP contribution in [0.5, 0.6) is 0 Å². The second kappa shape index (κ2) is 11.4. The summed E-state index contributed by atoms with van der Waals surface area (Å²) in [5, 5.41) is 0. The molecule has 22 heavy (non-hydrogen) atoms. The Labute approximate surface area is 129 Å². The van der Waals surface area contributed by atoms with Crippen LogP contribution >= 0.6 is 7.60 Å². The molecule has 0 aliphatic heterocycles. The molecule has 1 radical (unpaired) electrons. The van der Waals surface area contributed by atoms with Crippen LogP contribution in [0.25, 0.3) is 0 Å². The van der Waals surface area contributed by atoms with Crippen molar-refractivity contribution in [3.8, 4) is 0 Å². The Morgan fingerprint density at radius 2 is 1.82 bits per heavy atom. The third-order valence-electron chi connectivity index (χ3n) is 2.41. The van der Waals surface area contributed by atoms with Gasteiger partial charge in [0, 0.05) is 25.3 Å². The molecule has 0 saturated carbocycles. The molecule has 0 saturated heterocycles. The third-order valence-corrected chi connectivity index (χ3v) is 3.31. The van der Waals surface area contributed by atoms with Crippen molar-refractivity contribution in [2.75, 3.05) is 26.0 Å². The van der Waals surface area contributed by atoms with Crippen LogP contribution < -0.4 is 0 Å². The van der Waals surface area contributed by atoms with Gasteiger partial charge in [0.05, 0.1) is 0 Å². The van der Waals surface area contributed by atoms with E-state index in [2.05, 4.69) is 13.5 Å². The first-order chi connectivity index (χ1) is 10.3. The highest BCUT2D eigenvalue weighted by atomic mass is 31.2. The summed E-state index contributed by atoms with van der Waals surface area (Å²) < 4.78 is 25.7. The van der Waals surface area contributed by atoms with E-state index in [0.29, 0.717) is 12.8 Å². The van der Waals surface area contributed by atoms with Gasteiger partial charge in [-0.15, -0.1) is 0 Å². The molecular formula is C13H22O8P. The van der Waals surface area contributed by atoms with Crippen molar-refractivity contribution in [1.29, 1.82) is 0 Å². The SMILES string of the molecule is [CH2]CC(=O)OCC(COC(=O)C=C)OCCCCP(=O)(O)O. The van der Waals surface area contributed by atoms with E-state index >= 15 is 0 Å². The van der Waals surface area contributed by atoms with Crippen molar-refractivity contribution >= 4 is 19.5 Å². The lowest BCUT2D eigenvalue weighted by molar-refractivity contribution is -0.152. The molecule has 0 amide bonds. The Morgan fingerprint density at radius 3 is 2.36 bits per heavy atom. The number of esters is 2. The molecule has 0 aromatic heterocycles. The van der Waals surface area contributed by atoms with Gasteiger partial charge in [0.15, 0.2) is 0 Å². The molecule has 0 rings (SSSR count). The summed E-state index contributed by atoms with van der Waals surface area (Å²) in [7, 11) is -4.00. The van der Waals surface area contributed by atoms with Gasteiger partial charge in [-0.1, -0.05) is 6.58 Å². The summed E-state index contributed by atoms with van der Waals surface area (Å²) in [6, 6.07) is 0. The van der Waals surface area contributed by atoms with Crippen molar-refractivity contribution in [3.05, 3.63) is 19.6 Å². The number of rotatable bonds is 12. The molecule has 0 fully saturated rings. The molecule has 0 aliphatic rings. The van der Waals surface area contributed by atoms with Gasteiger partial charge in [-0.05, 0) is 19.8 Å². The highest BCUT2D eigenvalue weighted by Crippen LogP contribution is 2.35. The third kappa shape index (κ3) is 12.5. The number of hydrogen-bond acceptors (Lipinski definition) is 6. The average molecular weight is 337 g/mol. The van der Waals surface area contributed by atoms with E-state index in [1.807, 2.05) is 0 Å². The van der Waals surface area contributed by atoms with E-state index in [9.17, 15) is 14.2 Å². The monoisotopic (exact) mass is 337 g/mol. The predicted molar refractivity (Wildman–Crippen MR) is 78.0 cm³/mol. The van der Waals surface area contributed by atoms with Crippen LogP contribution in [-0.4, -0.2) is 53.8 Å². The lowest BCUT2D eigenvalue weighted by Crippen LogP contribution is -2.28. The fraction of sp³-hybridized carbons (Fsp3) is 0.615. The maximum Gasteiger partial charge on any atom is 0.330 e. The van der Waals surface area contributed by atoms with E-state index in [4.69, 9.17) is 24.0 Å². The fourth-order valence-corrected chi connectivity index (χ4v) is 1.94. The van der Waals surface area contributed by atoms with Gasteiger partial charge >= 0.3 is 19.5 Å². The lowest BCUT2D eigenvalue weighted by Gasteiger charge is -2.17. The summed E-state index contributed by atoms with van der Waals surface area (Å²) in [6.45, 7) is 6.60. The summed E-state index contributed by atoms with van der Waals surface area (Å²) in [4.78, 5) is 39.5. The van der Waals surface area contributed by atoms with Crippen molar-refractivity contribution in [3.63, 3.8) is 0 Å². The zero-order valence-corrected chi connectivity index (χ0v) is 13.2. The molecule has 0 spiro atoms. The maximum atomic E-state index is 11.0. The molecule has 0 heterocycles. The smallest absolute Gasteiger partial charge is 0.330 e. The van der Waals surface area contributed by atoms with Crippen LogP contribution in [-0.2, 0) is 28.4 Å². The van der Waals surface area contributed by atoms with Crippen LogP contribution in [0.4, 0.5) is 0 Å². The molecule has 2 N–H and O–H groups in total. The van der Waals surface area contributed by atoms with Crippen LogP contribution in [0.1, 0.15) is 19.3 Å². The van der Waals surface area contributed by atoms with Gasteiger partial charge in [-0.3, -0.25) is 9.36 Å². The molecular weight excluding hydrogens is 315 g/mol. The second-order valence-electron chi connectivity index (χ2n) is 4.36. The molecule has 0 bridgehead atoms. The Bertz CT molecular complexity index is 403. The number of unbranched alkanes of at least 4 members (excludes halogenated alkanes) is 1. The zero-order chi connectivity index (χ0) is 17.0. The molecule has 0 aromatic carbocycles. The van der Waals surface area contributed by atoms with Gasteiger partial charge in [-0.2, -0.15) is 0 Å². The molecule has 0 aromatic rings. The molecule has 1 unspecified atom stereocenters. The normalized spacial score (nSPS) is 12.5. The standard InChI is InChI=1S/C13H22O8P/c1-3-12(14)20-9-11(10-21-13(15)4-2)19-7-5-6-8-22(16,17)18/h3,11H,1-2,4-10H2,(H2,16,17,18). The number of hydrogen-bond donors (Lipinski definition) is 2. The molecule has 0 aliphatic carbocycles. The summed E-state index contributed by atoms with van der Waals surface area (Å²) >= 11 is 0. The number of carbonyl (C=O) groups excluding carboxylic acids is 2. The van der Waals surface area contributed by atoms with Crippen molar-refractivity contribution < 1.29 is 38.2 Å². The van der Waals surface area contributed by atoms with E-state index in [-0.39, 0.29) is 32.4 Å². The van der Waals surface area contributed by atoms with E-state index < -0.39 is 25.6 Å². The van der Waals surface area contributed by atoms with Gasteiger partial charge < -0.3 is 24.0 Å². The van der Waals surface area contributed by atoms with Gasteiger partial charge in [-0.25, -0.2) is 4.79 Å². The fourth-order valence-electron chi connectivity index (χ4n) is 1.31. The zero-order valence-electron chi connectivity index (χ0n) is 12.3. The van der Waals surface area contributed by atoms with Crippen molar-refractivity contribution in [2.45, 2.75) is 25.4 Å². The summed E-state index contributed by atoms with van der Waals surface area (Å²) in [5.74, 6) is -1.14. The highest BCUT2D eigenvalue weighted by molar-refractivity contribution is 7.51. The Morgan fingerprint density at radius 1 is 1.18 bits per heavy atom.